The third-order valence-electron chi connectivity index (χ3n) is 4.13. The van der Waals surface area contributed by atoms with Crippen molar-refractivity contribution < 1.29 is 22.7 Å². The van der Waals surface area contributed by atoms with Crippen LogP contribution < -0.4 is 20.1 Å². The summed E-state index contributed by atoms with van der Waals surface area (Å²) in [5, 5.41) is 5.41. The number of carbonyl (C=O) groups excluding carboxylic acids is 2. The van der Waals surface area contributed by atoms with E-state index in [9.17, 15) is 18.0 Å². The van der Waals surface area contributed by atoms with Crippen molar-refractivity contribution in [1.29, 1.82) is 0 Å². The third kappa shape index (κ3) is 7.86. The van der Waals surface area contributed by atoms with Gasteiger partial charge >= 0.3 is 0 Å². The van der Waals surface area contributed by atoms with Crippen LogP contribution in [-0.2, 0) is 14.8 Å². The summed E-state index contributed by atoms with van der Waals surface area (Å²) in [6.45, 7) is 4.16. The van der Waals surface area contributed by atoms with Gasteiger partial charge in [0.05, 0.1) is 15.5 Å². The van der Waals surface area contributed by atoms with E-state index in [1.54, 1.807) is 26.0 Å². The molecule has 8 nitrogen and oxygen atoms in total. The second-order valence-electron chi connectivity index (χ2n) is 6.90. The van der Waals surface area contributed by atoms with Gasteiger partial charge in [0, 0.05) is 25.6 Å². The molecule has 0 aliphatic carbocycles. The molecule has 0 aliphatic rings. The van der Waals surface area contributed by atoms with Crippen molar-refractivity contribution in [2.45, 2.75) is 18.7 Å². The van der Waals surface area contributed by atoms with Crippen molar-refractivity contribution in [1.82, 2.24) is 15.4 Å². The van der Waals surface area contributed by atoms with E-state index in [4.69, 9.17) is 16.3 Å². The molecule has 0 atom stereocenters. The molecule has 10 heteroatoms. The highest BCUT2D eigenvalue weighted by Crippen LogP contribution is 2.20. The van der Waals surface area contributed by atoms with Crippen molar-refractivity contribution in [3.63, 3.8) is 0 Å². The van der Waals surface area contributed by atoms with Crippen LogP contribution >= 0.6 is 11.6 Å². The fourth-order valence-electron chi connectivity index (χ4n) is 2.45. The lowest BCUT2D eigenvalue weighted by Gasteiger charge is -2.12. The van der Waals surface area contributed by atoms with Crippen LogP contribution in [0.5, 0.6) is 5.75 Å². The van der Waals surface area contributed by atoms with Gasteiger partial charge in [-0.05, 0) is 30.3 Å². The summed E-state index contributed by atoms with van der Waals surface area (Å²) in [4.78, 5) is 23.8. The molecule has 2 amide bonds. The van der Waals surface area contributed by atoms with E-state index in [2.05, 4.69) is 15.4 Å². The van der Waals surface area contributed by atoms with Crippen molar-refractivity contribution in [3.05, 3.63) is 59.1 Å². The van der Waals surface area contributed by atoms with Crippen LogP contribution in [0.2, 0.25) is 5.02 Å². The molecular formula is C21H26ClN3O5S. The zero-order valence-electron chi connectivity index (χ0n) is 17.4. The summed E-state index contributed by atoms with van der Waals surface area (Å²) in [6.07, 6.45) is 0. The number of ether oxygens (including phenoxy) is 1. The van der Waals surface area contributed by atoms with Crippen LogP contribution in [0.1, 0.15) is 24.2 Å². The molecule has 3 N–H and O–H groups in total. The maximum absolute atomic E-state index is 12.5. The van der Waals surface area contributed by atoms with Crippen LogP contribution in [-0.4, -0.2) is 46.5 Å². The second kappa shape index (κ2) is 11.7. The number of para-hydroxylation sites is 1. The zero-order valence-corrected chi connectivity index (χ0v) is 18.9. The summed E-state index contributed by atoms with van der Waals surface area (Å²) in [7, 11) is -3.86. The second-order valence-corrected chi connectivity index (χ2v) is 9.08. The van der Waals surface area contributed by atoms with Gasteiger partial charge in [0.25, 0.3) is 5.91 Å². The summed E-state index contributed by atoms with van der Waals surface area (Å²) in [6, 6.07) is 12.9. The minimum absolute atomic E-state index is 0.0280. The first kappa shape index (κ1) is 24.6. The van der Waals surface area contributed by atoms with E-state index in [0.717, 1.165) is 0 Å². The Labute approximate surface area is 187 Å². The molecule has 168 valence electrons. The topological polar surface area (TPSA) is 114 Å². The van der Waals surface area contributed by atoms with Gasteiger partial charge in [0.1, 0.15) is 12.4 Å². The van der Waals surface area contributed by atoms with E-state index < -0.39 is 15.9 Å². The number of hydrogen-bond acceptors (Lipinski definition) is 5. The first-order chi connectivity index (χ1) is 14.7. The van der Waals surface area contributed by atoms with Gasteiger partial charge in [-0.25, -0.2) is 13.1 Å². The SMILES string of the molecule is CC(C)C(=O)NCCNC(=O)c1cc(S(=O)(=O)NCCOc2ccccc2)ccc1Cl. The van der Waals surface area contributed by atoms with E-state index in [-0.39, 0.29) is 53.5 Å². The normalized spacial score (nSPS) is 11.2. The monoisotopic (exact) mass is 467 g/mol. The average molecular weight is 468 g/mol. The van der Waals surface area contributed by atoms with Gasteiger partial charge in [-0.1, -0.05) is 43.6 Å². The Morgan fingerprint density at radius 2 is 1.68 bits per heavy atom. The molecule has 2 aromatic carbocycles. The Hall–Kier alpha value is -2.62. The van der Waals surface area contributed by atoms with Crippen LogP contribution in [0.25, 0.3) is 0 Å². The Morgan fingerprint density at radius 1 is 1.00 bits per heavy atom. The smallest absolute Gasteiger partial charge is 0.252 e. The van der Waals surface area contributed by atoms with Gasteiger partial charge < -0.3 is 15.4 Å². The minimum Gasteiger partial charge on any atom is -0.492 e. The molecule has 0 spiro atoms. The van der Waals surface area contributed by atoms with E-state index in [1.807, 2.05) is 18.2 Å². The molecule has 0 aromatic heterocycles. The molecule has 0 saturated heterocycles. The maximum Gasteiger partial charge on any atom is 0.252 e. The molecule has 0 radical (unpaired) electrons. The Morgan fingerprint density at radius 3 is 2.35 bits per heavy atom. The summed E-state index contributed by atoms with van der Waals surface area (Å²) >= 11 is 6.07. The van der Waals surface area contributed by atoms with Crippen LogP contribution in [0.3, 0.4) is 0 Å². The Kier molecular flexibility index (Phi) is 9.29. The number of rotatable bonds is 11. The first-order valence-electron chi connectivity index (χ1n) is 9.73. The number of halogens is 1. The first-order valence-corrected chi connectivity index (χ1v) is 11.6. The predicted molar refractivity (Wildman–Crippen MR) is 119 cm³/mol. The highest BCUT2D eigenvalue weighted by atomic mass is 35.5. The Balaban J connectivity index is 1.92. The van der Waals surface area contributed by atoms with Crippen LogP contribution in [0.4, 0.5) is 0 Å². The van der Waals surface area contributed by atoms with Gasteiger partial charge in [-0.15, -0.1) is 0 Å². The van der Waals surface area contributed by atoms with E-state index in [1.165, 1.54) is 18.2 Å². The van der Waals surface area contributed by atoms with Crippen molar-refractivity contribution in [2.75, 3.05) is 26.2 Å². The van der Waals surface area contributed by atoms with Crippen molar-refractivity contribution >= 4 is 33.4 Å². The number of amides is 2. The highest BCUT2D eigenvalue weighted by molar-refractivity contribution is 7.89. The number of sulfonamides is 1. The fraction of sp³-hybridized carbons (Fsp3) is 0.333. The third-order valence-corrected chi connectivity index (χ3v) is 5.92. The summed E-state index contributed by atoms with van der Waals surface area (Å²) in [5.41, 5.74) is 0.0280. The molecule has 2 rings (SSSR count). The lowest BCUT2D eigenvalue weighted by Crippen LogP contribution is -2.36. The average Bonchev–Trinajstić information content (AvgIpc) is 2.74. The van der Waals surface area contributed by atoms with Gasteiger partial charge in [-0.3, -0.25) is 9.59 Å². The van der Waals surface area contributed by atoms with E-state index in [0.29, 0.717) is 5.75 Å². The molecule has 0 heterocycles. The molecule has 0 saturated carbocycles. The Bertz CT molecular complexity index is 997. The quantitative estimate of drug-likeness (QED) is 0.438. The van der Waals surface area contributed by atoms with Gasteiger partial charge in [0.2, 0.25) is 15.9 Å². The molecular weight excluding hydrogens is 442 g/mol. The largest absolute Gasteiger partial charge is 0.492 e. The highest BCUT2D eigenvalue weighted by Gasteiger charge is 2.18. The standard InChI is InChI=1S/C21H26ClN3O5S/c1-15(2)20(26)23-10-11-24-21(27)18-14-17(8-9-19(18)22)31(28,29)25-12-13-30-16-6-4-3-5-7-16/h3-9,14-15,25H,10-13H2,1-2H3,(H,23,26)(H,24,27). The fourth-order valence-corrected chi connectivity index (χ4v) is 3.69. The number of hydrogen-bond donors (Lipinski definition) is 3. The van der Waals surface area contributed by atoms with Gasteiger partial charge in [0.15, 0.2) is 0 Å². The molecule has 2 aromatic rings. The molecule has 31 heavy (non-hydrogen) atoms. The van der Waals surface area contributed by atoms with Crippen molar-refractivity contribution in [2.24, 2.45) is 5.92 Å². The van der Waals surface area contributed by atoms with Crippen molar-refractivity contribution in [3.8, 4) is 5.75 Å². The molecule has 0 bridgehead atoms. The van der Waals surface area contributed by atoms with Gasteiger partial charge in [-0.2, -0.15) is 0 Å². The summed E-state index contributed by atoms with van der Waals surface area (Å²) < 4.78 is 33.0. The lowest BCUT2D eigenvalue weighted by atomic mass is 10.2. The predicted octanol–water partition coefficient (Wildman–Crippen LogP) is 2.20. The molecule has 0 aliphatic heterocycles. The van der Waals surface area contributed by atoms with Crippen LogP contribution in [0, 0.1) is 5.92 Å². The minimum atomic E-state index is -3.86. The summed E-state index contributed by atoms with van der Waals surface area (Å²) in [5.74, 6) is -0.176. The van der Waals surface area contributed by atoms with Crippen LogP contribution in [0.15, 0.2) is 53.4 Å². The number of carbonyl (C=O) groups is 2. The zero-order chi connectivity index (χ0) is 22.9. The molecule has 0 fully saturated rings. The maximum atomic E-state index is 12.5. The van der Waals surface area contributed by atoms with E-state index >= 15 is 0 Å². The lowest BCUT2D eigenvalue weighted by molar-refractivity contribution is -0.123. The number of nitrogens with one attached hydrogen (secondary N) is 3. The molecule has 0 unspecified atom stereocenters. The number of benzene rings is 2.